The predicted molar refractivity (Wildman–Crippen MR) is 147 cm³/mol. The number of halogens is 2. The van der Waals surface area contributed by atoms with Gasteiger partial charge in [-0.05, 0) is 61.7 Å². The lowest BCUT2D eigenvalue weighted by Gasteiger charge is -2.36. The van der Waals surface area contributed by atoms with Gasteiger partial charge in [-0.3, -0.25) is 9.59 Å². The topological polar surface area (TPSA) is 45.6 Å². The third kappa shape index (κ3) is 5.90. The van der Waals surface area contributed by atoms with Gasteiger partial charge in [0.15, 0.2) is 0 Å². The number of aromatic nitrogens is 1. The lowest BCUT2D eigenvalue weighted by Crippen LogP contribution is -2.52. The molecular formula is C30H35ClFN3O2. The highest BCUT2D eigenvalue weighted by Crippen LogP contribution is 2.31. The number of hydrogen-bond acceptors (Lipinski definition) is 2. The molecule has 2 amide bonds. The largest absolute Gasteiger partial charge is 0.339 e. The van der Waals surface area contributed by atoms with Gasteiger partial charge >= 0.3 is 0 Å². The molecule has 196 valence electrons. The quantitative estimate of drug-likeness (QED) is 0.328. The molecule has 1 fully saturated rings. The molecule has 0 spiro atoms. The summed E-state index contributed by atoms with van der Waals surface area (Å²) in [6.45, 7) is 8.18. The number of benzene rings is 2. The minimum atomic E-state index is -0.342. The van der Waals surface area contributed by atoms with Gasteiger partial charge in [0.05, 0.1) is 11.3 Å². The van der Waals surface area contributed by atoms with Crippen LogP contribution in [0.2, 0.25) is 5.02 Å². The van der Waals surface area contributed by atoms with E-state index in [2.05, 4.69) is 13.8 Å². The molecule has 1 atom stereocenters. The summed E-state index contributed by atoms with van der Waals surface area (Å²) in [7, 11) is 0. The van der Waals surface area contributed by atoms with Crippen LogP contribution in [0.15, 0.2) is 54.6 Å². The lowest BCUT2D eigenvalue weighted by molar-refractivity contribution is -0.137. The zero-order chi connectivity index (χ0) is 26.5. The van der Waals surface area contributed by atoms with Crippen LogP contribution in [0.5, 0.6) is 0 Å². The Kier molecular flexibility index (Phi) is 8.70. The molecule has 0 aliphatic carbocycles. The first-order valence-electron chi connectivity index (χ1n) is 13.2. The van der Waals surface area contributed by atoms with E-state index in [1.54, 1.807) is 18.2 Å². The zero-order valence-electron chi connectivity index (χ0n) is 21.8. The Morgan fingerprint density at radius 2 is 1.65 bits per heavy atom. The molecule has 1 aromatic heterocycles. The molecule has 0 bridgehead atoms. The van der Waals surface area contributed by atoms with Crippen LogP contribution in [0, 0.1) is 18.7 Å². The fourth-order valence-corrected chi connectivity index (χ4v) is 5.24. The Hall–Kier alpha value is -3.12. The standard InChI is InChI=1S/C30H35ClFN3O2/c1-4-6-8-22(5-2)29(36)33-15-17-34(18-16-33)30(37)27-20-28(23-11-13-24(31)14-12-23)35(21(27)3)26-10-7-9-25(32)19-26/h7,9-14,19-20,22H,4-6,8,15-18H2,1-3H3. The molecular weight excluding hydrogens is 489 g/mol. The molecule has 5 nitrogen and oxygen atoms in total. The molecule has 2 aromatic carbocycles. The third-order valence-electron chi connectivity index (χ3n) is 7.31. The van der Waals surface area contributed by atoms with Crippen molar-refractivity contribution in [1.29, 1.82) is 0 Å². The Morgan fingerprint density at radius 3 is 2.27 bits per heavy atom. The minimum Gasteiger partial charge on any atom is -0.339 e. The number of nitrogens with zero attached hydrogens (tertiary/aromatic N) is 3. The van der Waals surface area contributed by atoms with E-state index >= 15 is 0 Å². The molecule has 2 heterocycles. The second-order valence-electron chi connectivity index (χ2n) is 9.72. The minimum absolute atomic E-state index is 0.0617. The molecule has 1 aliphatic heterocycles. The number of amides is 2. The Morgan fingerprint density at radius 1 is 0.973 bits per heavy atom. The Balaban J connectivity index is 1.58. The average Bonchev–Trinajstić information content (AvgIpc) is 3.26. The number of carbonyl (C=O) groups excluding carboxylic acids is 2. The van der Waals surface area contributed by atoms with E-state index in [-0.39, 0.29) is 23.5 Å². The van der Waals surface area contributed by atoms with E-state index in [9.17, 15) is 14.0 Å². The smallest absolute Gasteiger partial charge is 0.255 e. The van der Waals surface area contributed by atoms with Crippen LogP contribution in [0.3, 0.4) is 0 Å². The van der Waals surface area contributed by atoms with Crippen LogP contribution in [-0.4, -0.2) is 52.4 Å². The van der Waals surface area contributed by atoms with Crippen LogP contribution in [0.25, 0.3) is 16.9 Å². The molecule has 1 saturated heterocycles. The van der Waals surface area contributed by atoms with Gasteiger partial charge in [-0.15, -0.1) is 0 Å². The van der Waals surface area contributed by atoms with Crippen molar-refractivity contribution >= 4 is 23.4 Å². The van der Waals surface area contributed by atoms with E-state index in [0.717, 1.165) is 42.6 Å². The van der Waals surface area contributed by atoms with E-state index in [0.29, 0.717) is 42.5 Å². The van der Waals surface area contributed by atoms with E-state index in [1.807, 2.05) is 45.6 Å². The first kappa shape index (κ1) is 26.9. The summed E-state index contributed by atoms with van der Waals surface area (Å²) in [6, 6.07) is 15.6. The van der Waals surface area contributed by atoms with Crippen LogP contribution in [0.4, 0.5) is 4.39 Å². The predicted octanol–water partition coefficient (Wildman–Crippen LogP) is 6.75. The van der Waals surface area contributed by atoms with Gasteiger partial charge in [0, 0.05) is 48.5 Å². The summed E-state index contributed by atoms with van der Waals surface area (Å²) in [4.78, 5) is 30.5. The highest BCUT2D eigenvalue weighted by Gasteiger charge is 2.30. The first-order valence-corrected chi connectivity index (χ1v) is 13.5. The van der Waals surface area contributed by atoms with E-state index < -0.39 is 0 Å². The van der Waals surface area contributed by atoms with Gasteiger partial charge in [-0.25, -0.2) is 4.39 Å². The van der Waals surface area contributed by atoms with Crippen LogP contribution in [-0.2, 0) is 4.79 Å². The van der Waals surface area contributed by atoms with Crippen molar-refractivity contribution in [3.05, 3.63) is 76.7 Å². The van der Waals surface area contributed by atoms with E-state index in [1.165, 1.54) is 12.1 Å². The summed E-state index contributed by atoms with van der Waals surface area (Å²) < 4.78 is 16.1. The number of piperazine rings is 1. The lowest BCUT2D eigenvalue weighted by atomic mass is 9.97. The maximum Gasteiger partial charge on any atom is 0.255 e. The van der Waals surface area contributed by atoms with Crippen molar-refractivity contribution < 1.29 is 14.0 Å². The van der Waals surface area contributed by atoms with Crippen LogP contribution < -0.4 is 0 Å². The zero-order valence-corrected chi connectivity index (χ0v) is 22.6. The van der Waals surface area contributed by atoms with E-state index in [4.69, 9.17) is 11.6 Å². The maximum absolute atomic E-state index is 14.1. The summed E-state index contributed by atoms with van der Waals surface area (Å²) in [5.41, 5.74) is 3.63. The van der Waals surface area contributed by atoms with Crippen molar-refractivity contribution in [2.24, 2.45) is 5.92 Å². The normalized spacial score (nSPS) is 14.6. The highest BCUT2D eigenvalue weighted by molar-refractivity contribution is 6.30. The summed E-state index contributed by atoms with van der Waals surface area (Å²) in [5, 5.41) is 0.619. The summed E-state index contributed by atoms with van der Waals surface area (Å²) >= 11 is 6.11. The van der Waals surface area contributed by atoms with Crippen molar-refractivity contribution in [2.45, 2.75) is 46.5 Å². The van der Waals surface area contributed by atoms with Gasteiger partial charge < -0.3 is 14.4 Å². The molecule has 1 unspecified atom stereocenters. The number of carbonyl (C=O) groups is 2. The molecule has 37 heavy (non-hydrogen) atoms. The molecule has 7 heteroatoms. The maximum atomic E-state index is 14.1. The van der Waals surface area contributed by atoms with Crippen LogP contribution >= 0.6 is 11.6 Å². The van der Waals surface area contributed by atoms with Crippen LogP contribution in [0.1, 0.15) is 55.6 Å². The number of unbranched alkanes of at least 4 members (excludes halogenated alkanes) is 1. The van der Waals surface area contributed by atoms with Crippen molar-refractivity contribution in [3.8, 4) is 16.9 Å². The fourth-order valence-electron chi connectivity index (χ4n) is 5.12. The second-order valence-corrected chi connectivity index (χ2v) is 10.2. The van der Waals surface area contributed by atoms with Gasteiger partial charge in [-0.2, -0.15) is 0 Å². The third-order valence-corrected chi connectivity index (χ3v) is 7.56. The summed E-state index contributed by atoms with van der Waals surface area (Å²) in [5.74, 6) is -0.146. The molecule has 0 radical (unpaired) electrons. The monoisotopic (exact) mass is 523 g/mol. The Bertz CT molecular complexity index is 1250. The number of rotatable bonds is 8. The first-order chi connectivity index (χ1) is 17.8. The fraction of sp³-hybridized carbons (Fsp3) is 0.400. The van der Waals surface area contributed by atoms with Crippen molar-refractivity contribution in [3.63, 3.8) is 0 Å². The van der Waals surface area contributed by atoms with Crippen molar-refractivity contribution in [2.75, 3.05) is 26.2 Å². The Labute approximate surface area is 223 Å². The molecule has 0 saturated carbocycles. The second kappa shape index (κ2) is 12.0. The molecule has 3 aromatic rings. The van der Waals surface area contributed by atoms with Gasteiger partial charge in [0.2, 0.25) is 5.91 Å². The van der Waals surface area contributed by atoms with Gasteiger partial charge in [0.1, 0.15) is 5.82 Å². The summed E-state index contributed by atoms with van der Waals surface area (Å²) in [6.07, 6.45) is 3.91. The molecule has 4 rings (SSSR count). The molecule has 0 N–H and O–H groups in total. The highest BCUT2D eigenvalue weighted by atomic mass is 35.5. The van der Waals surface area contributed by atoms with Gasteiger partial charge in [0.25, 0.3) is 5.91 Å². The average molecular weight is 524 g/mol. The SMILES string of the molecule is CCCCC(CC)C(=O)N1CCN(C(=O)c2cc(-c3ccc(Cl)cc3)n(-c3cccc(F)c3)c2C)CC1. The van der Waals surface area contributed by atoms with Gasteiger partial charge in [-0.1, -0.05) is 56.5 Å². The molecule has 1 aliphatic rings. The number of hydrogen-bond donors (Lipinski definition) is 0. The van der Waals surface area contributed by atoms with Crippen molar-refractivity contribution in [1.82, 2.24) is 14.4 Å².